The number of rotatable bonds is 13. The highest BCUT2D eigenvalue weighted by Gasteiger charge is 2.29. The molecule has 4 aromatic heterocycles. The van der Waals surface area contributed by atoms with E-state index < -0.39 is 66.3 Å². The molecule has 1 aliphatic rings. The number of nitrogens with zero attached hydrogens (tertiary/aromatic N) is 7. The van der Waals surface area contributed by atoms with Gasteiger partial charge < -0.3 is 49.7 Å². The summed E-state index contributed by atoms with van der Waals surface area (Å²) in [6.07, 6.45) is 0. The number of nitrogens with one attached hydrogen (secondary N) is 6. The van der Waals surface area contributed by atoms with Crippen LogP contribution in [-0.4, -0.2) is 118 Å². The fraction of sp³-hybridized carbons (Fsp3) is 0.122. The lowest BCUT2D eigenvalue weighted by Crippen LogP contribution is -2.37. The lowest BCUT2D eigenvalue weighted by Gasteiger charge is -2.27. The third-order valence-corrected chi connectivity index (χ3v) is 15.3. The molecule has 5 aromatic carbocycles. The molecule has 0 atom stereocenters. The van der Waals surface area contributed by atoms with E-state index in [-0.39, 0.29) is 101 Å². The van der Waals surface area contributed by atoms with Crippen molar-refractivity contribution in [3.63, 3.8) is 0 Å². The molecular formula is C41H33Cl2N13O15S4. The molecular weight excluding hydrogens is 1110 g/mol. The van der Waals surface area contributed by atoms with Crippen LogP contribution in [0.25, 0.3) is 44.4 Å². The van der Waals surface area contributed by atoms with Gasteiger partial charge in [-0.15, -0.1) is 0 Å². The molecule has 5 heterocycles. The van der Waals surface area contributed by atoms with Gasteiger partial charge in [-0.3, -0.25) is 18.2 Å². The van der Waals surface area contributed by atoms with Gasteiger partial charge in [0, 0.05) is 18.8 Å². The average Bonchev–Trinajstić information content (AvgIpc) is 3.35. The molecule has 0 bridgehead atoms. The van der Waals surface area contributed by atoms with E-state index >= 15 is 0 Å². The van der Waals surface area contributed by atoms with Crippen LogP contribution in [0.2, 0.25) is 10.0 Å². The van der Waals surface area contributed by atoms with E-state index in [0.29, 0.717) is 32.0 Å². The predicted octanol–water partition coefficient (Wildman–Crippen LogP) is 7.05. The van der Waals surface area contributed by atoms with Crippen LogP contribution in [0.5, 0.6) is 0 Å². The van der Waals surface area contributed by atoms with Crippen LogP contribution in [0.4, 0.5) is 52.5 Å². The summed E-state index contributed by atoms with van der Waals surface area (Å²) in [6.45, 7) is 2.84. The van der Waals surface area contributed by atoms with Crippen molar-refractivity contribution in [2.24, 2.45) is 0 Å². The van der Waals surface area contributed by atoms with E-state index in [1.165, 1.54) is 61.5 Å². The van der Waals surface area contributed by atoms with E-state index in [4.69, 9.17) is 36.8 Å². The van der Waals surface area contributed by atoms with Crippen molar-refractivity contribution in [2.45, 2.75) is 26.5 Å². The first-order valence-corrected chi connectivity index (χ1v) is 27.7. The van der Waals surface area contributed by atoms with Gasteiger partial charge in [-0.2, -0.15) is 63.6 Å². The summed E-state index contributed by atoms with van der Waals surface area (Å²) in [7, 11) is -19.6. The standard InChI is InChI=1S/C41H33Cl2N13O15S4/c1-18-44-37(49-21-4-2-3-5-26(21)73(60,61)62)52-38(45-18)50-24-12-10-22-31(35(24)74(63,64)65)70-33-27(42)30-34(28(43)29(33)47-22)71-32-23(48-30)11-13-25(36(32)75(66,67)68)51-40-53-39(54-41(55-40)56-14-16-69-17-15-56)46-19-6-8-20(9-7-19)72(57,58)59/h2-13,47-48H,14-17H2,1H3,(H,57,58,59)(H,60,61,62)(H,63,64,65)(H,66,67,68)(H2,44,45,49,50,52)(H2,46,51,53,54,55). The van der Waals surface area contributed by atoms with Gasteiger partial charge in [-0.05, 0) is 67.6 Å². The third kappa shape index (κ3) is 10.3. The quantitative estimate of drug-likeness (QED) is 0.0408. The van der Waals surface area contributed by atoms with Crippen molar-refractivity contribution in [3.8, 4) is 0 Å². The highest BCUT2D eigenvalue weighted by Crippen LogP contribution is 2.43. The van der Waals surface area contributed by atoms with Gasteiger partial charge in [0.2, 0.25) is 29.7 Å². The van der Waals surface area contributed by atoms with Crippen molar-refractivity contribution in [1.29, 1.82) is 0 Å². The third-order valence-electron chi connectivity index (χ3n) is 10.9. The lowest BCUT2D eigenvalue weighted by atomic mass is 10.2. The average molecular weight is 1150 g/mol. The van der Waals surface area contributed by atoms with E-state index in [1.807, 2.05) is 0 Å². The van der Waals surface area contributed by atoms with Crippen LogP contribution in [0, 0.1) is 6.92 Å². The van der Waals surface area contributed by atoms with E-state index in [2.05, 4.69) is 61.1 Å². The van der Waals surface area contributed by atoms with Crippen LogP contribution in [-0.2, 0) is 45.2 Å². The number of aromatic nitrogens is 8. The number of H-pyrrole nitrogens is 2. The smallest absolute Gasteiger partial charge is 0.300 e. The van der Waals surface area contributed by atoms with Crippen molar-refractivity contribution >= 4 is 161 Å². The number of anilines is 9. The fourth-order valence-electron chi connectivity index (χ4n) is 7.74. The SMILES string of the molecule is Cc1nc(Nc2ccccc2S(=O)(=O)O)nc(Nc2ccc3[nH]c4c(Cl)c5oc6c(S(=O)(=O)O)c(Nc7nc(Nc8ccc(S(=O)(=O)O)cc8)nc(N8CCOCC8)n7)ccc6[nH]c5c(Cl)c4oc3c2S(=O)(=O)O)n1. The second kappa shape index (κ2) is 19.0. The Kier molecular flexibility index (Phi) is 12.9. The number of para-hydroxylation sites is 1. The molecule has 34 heteroatoms. The minimum atomic E-state index is -5.22. The minimum Gasteiger partial charge on any atom is -0.450 e. The maximum Gasteiger partial charge on any atom is 0.300 e. The van der Waals surface area contributed by atoms with Gasteiger partial charge >= 0.3 is 0 Å². The Labute approximate surface area is 431 Å². The topological polar surface area (TPSA) is 413 Å². The number of fused-ring (bicyclic) bond motifs is 4. The molecule has 0 saturated carbocycles. The summed E-state index contributed by atoms with van der Waals surface area (Å²) in [5, 5.41) is 10.5. The van der Waals surface area contributed by atoms with Crippen LogP contribution in [0.1, 0.15) is 5.82 Å². The summed E-state index contributed by atoms with van der Waals surface area (Å²) in [5.41, 5.74) is -2.43. The van der Waals surface area contributed by atoms with Gasteiger partial charge in [0.25, 0.3) is 40.5 Å². The fourth-order valence-corrected chi connectivity index (χ4v) is 11.0. The molecule has 9 aromatic rings. The Morgan fingerprint density at radius 1 is 0.533 bits per heavy atom. The molecule has 390 valence electrons. The van der Waals surface area contributed by atoms with Crippen molar-refractivity contribution in [1.82, 2.24) is 39.9 Å². The summed E-state index contributed by atoms with van der Waals surface area (Å²) < 4.78 is 159. The molecule has 75 heavy (non-hydrogen) atoms. The number of hydrogen-bond donors (Lipinski definition) is 10. The van der Waals surface area contributed by atoms with Crippen molar-refractivity contribution < 1.29 is 65.5 Å². The number of aryl methyl sites for hydroxylation is 1. The molecule has 1 aliphatic heterocycles. The van der Waals surface area contributed by atoms with Crippen LogP contribution in [0.3, 0.4) is 0 Å². The van der Waals surface area contributed by atoms with Crippen LogP contribution in [0.15, 0.2) is 101 Å². The minimum absolute atomic E-state index is 0.0623. The van der Waals surface area contributed by atoms with Gasteiger partial charge in [-0.25, -0.2) is 0 Å². The largest absolute Gasteiger partial charge is 0.450 e. The Bertz CT molecular complexity index is 4360. The van der Waals surface area contributed by atoms with Gasteiger partial charge in [0.05, 0.1) is 46.2 Å². The normalized spacial score (nSPS) is 13.7. The first-order chi connectivity index (χ1) is 35.4. The Morgan fingerprint density at radius 2 is 1.00 bits per heavy atom. The molecule has 0 amide bonds. The van der Waals surface area contributed by atoms with Crippen LogP contribution >= 0.6 is 23.2 Å². The molecule has 0 unspecified atom stereocenters. The summed E-state index contributed by atoms with van der Waals surface area (Å²) >= 11 is 13.9. The second-order valence-corrected chi connectivity index (χ2v) is 22.2. The van der Waals surface area contributed by atoms with Gasteiger partial charge in [0.1, 0.15) is 31.8 Å². The van der Waals surface area contributed by atoms with Crippen LogP contribution < -0.4 is 26.2 Å². The maximum atomic E-state index is 13.3. The number of hydrogen-bond acceptors (Lipinski definition) is 22. The number of benzene rings is 5. The summed E-state index contributed by atoms with van der Waals surface area (Å²) in [4.78, 5) is 30.9. The summed E-state index contributed by atoms with van der Waals surface area (Å²) in [5.74, 6) is -0.662. The van der Waals surface area contributed by atoms with E-state index in [1.54, 1.807) is 4.90 Å². The van der Waals surface area contributed by atoms with E-state index in [0.717, 1.165) is 18.2 Å². The zero-order chi connectivity index (χ0) is 53.4. The highest BCUT2D eigenvalue weighted by atomic mass is 35.5. The zero-order valence-electron chi connectivity index (χ0n) is 37.6. The van der Waals surface area contributed by atoms with Gasteiger partial charge in [0.15, 0.2) is 32.1 Å². The molecule has 10 N–H and O–H groups in total. The summed E-state index contributed by atoms with van der Waals surface area (Å²) in [6, 6.07) is 15.4. The van der Waals surface area contributed by atoms with Crippen molar-refractivity contribution in [3.05, 3.63) is 88.7 Å². The molecule has 1 saturated heterocycles. The Balaban J connectivity index is 1.05. The number of morpholine rings is 1. The molecule has 0 radical (unpaired) electrons. The predicted molar refractivity (Wildman–Crippen MR) is 270 cm³/mol. The number of ether oxygens (including phenoxy) is 1. The first-order valence-electron chi connectivity index (χ1n) is 21.2. The lowest BCUT2D eigenvalue weighted by molar-refractivity contribution is 0.122. The Hall–Kier alpha value is -7.50. The van der Waals surface area contributed by atoms with Crippen molar-refractivity contribution in [2.75, 3.05) is 52.5 Å². The molecule has 0 aliphatic carbocycles. The molecule has 0 spiro atoms. The highest BCUT2D eigenvalue weighted by molar-refractivity contribution is 7.87. The first kappa shape index (κ1) is 51.0. The van der Waals surface area contributed by atoms with E-state index in [9.17, 15) is 51.9 Å². The molecule has 28 nitrogen and oxygen atoms in total. The monoisotopic (exact) mass is 1150 g/mol. The maximum absolute atomic E-state index is 13.3. The number of halogens is 2. The van der Waals surface area contributed by atoms with Gasteiger partial charge in [-0.1, -0.05) is 35.3 Å². The molecule has 10 rings (SSSR count). The Morgan fingerprint density at radius 3 is 1.48 bits per heavy atom. The molecule has 1 fully saturated rings. The number of aromatic amines is 2. The zero-order valence-corrected chi connectivity index (χ0v) is 42.3. The second-order valence-electron chi connectivity index (χ2n) is 16.0.